The molecular weight excluding hydrogens is 1070 g/mol. The molecule has 16 nitrogen and oxygen atoms in total. The van der Waals surface area contributed by atoms with Crippen LogP contribution in [0.5, 0.6) is 11.5 Å². The maximum Gasteiger partial charge on any atom is 0.239 e. The van der Waals surface area contributed by atoms with Crippen molar-refractivity contribution >= 4 is 97.1 Å². The Labute approximate surface area is 342 Å². The van der Waals surface area contributed by atoms with Gasteiger partial charge in [-0.1, -0.05) is 24.3 Å². The molecule has 4 N–H and O–H groups in total. The summed E-state index contributed by atoms with van der Waals surface area (Å²) in [4.78, 5) is 1.28. The minimum Gasteiger partial charge on any atom is -0.497 e. The number of sulfonamides is 2. The van der Waals surface area contributed by atoms with Crippen molar-refractivity contribution in [1.29, 1.82) is 0 Å². The smallest absolute Gasteiger partial charge is 0.239 e. The zero-order chi connectivity index (χ0) is 37.8. The largest absolute Gasteiger partial charge is 0.497 e. The Morgan fingerprint density at radius 2 is 1.15 bits per heavy atom. The van der Waals surface area contributed by atoms with E-state index in [9.17, 15) is 16.8 Å². The first-order valence-electron chi connectivity index (χ1n) is 14.4. The van der Waals surface area contributed by atoms with E-state index < -0.39 is 20.0 Å². The Bertz CT molecular complexity index is 2450. The van der Waals surface area contributed by atoms with Crippen molar-refractivity contribution in [2.75, 3.05) is 14.2 Å². The summed E-state index contributed by atoms with van der Waals surface area (Å²) in [7, 11) is -4.77. The summed E-state index contributed by atoms with van der Waals surface area (Å²) in [5.74, 6) is 2.00. The van der Waals surface area contributed by atoms with Crippen LogP contribution < -0.4 is 19.8 Å². The second kappa shape index (κ2) is 16.9. The van der Waals surface area contributed by atoms with Gasteiger partial charge in [0.2, 0.25) is 25.9 Å². The van der Waals surface area contributed by atoms with E-state index in [0.29, 0.717) is 46.1 Å². The Kier molecular flexibility index (Phi) is 13.0. The van der Waals surface area contributed by atoms with Crippen LogP contribution in [0.15, 0.2) is 91.5 Å². The van der Waals surface area contributed by atoms with Gasteiger partial charge in [-0.25, -0.2) is 31.8 Å². The van der Waals surface area contributed by atoms with E-state index in [1.807, 2.05) is 93.7 Å². The zero-order valence-corrected chi connectivity index (χ0v) is 36.0. The molecule has 6 rings (SSSR count). The SMILES string of the molecule is COc1ccc(Cn2nnc(-c3c(I)ccc(Br)c3S(N)(=O)=O)n2)cc1.COc1ccc(Cn2nnnc2-c2c(I)ccc(Br)c2S(N)(=O)=O)cc1. The highest BCUT2D eigenvalue weighted by Gasteiger charge is 2.26. The lowest BCUT2D eigenvalue weighted by Crippen LogP contribution is -2.16. The van der Waals surface area contributed by atoms with Gasteiger partial charge in [0.1, 0.15) is 21.3 Å². The van der Waals surface area contributed by atoms with Crippen LogP contribution >= 0.6 is 77.0 Å². The standard InChI is InChI=1S/2C15H13BrIN5O3S/c1-25-10-4-2-9(3-5-10)8-22-15(19-20-21-22)13-12(17)7-6-11(16)14(13)26(18,23)24;1-25-10-4-2-9(3-5-10)8-22-20-15(19-21-22)13-12(17)7-6-11(16)14(13)26(18,23)24/h2*2-7H,8H2,1H3,(H2,18,23,24). The number of hydrogen-bond donors (Lipinski definition) is 2. The summed E-state index contributed by atoms with van der Waals surface area (Å²) >= 11 is 10.5. The van der Waals surface area contributed by atoms with E-state index in [-0.39, 0.29) is 15.6 Å². The maximum atomic E-state index is 12.1. The molecule has 2 heterocycles. The number of methoxy groups -OCH3 is 2. The second-order valence-corrected chi connectivity index (χ2v) is 17.6. The third kappa shape index (κ3) is 9.50. The molecule has 0 radical (unpaired) electrons. The first kappa shape index (κ1) is 40.1. The molecule has 22 heteroatoms. The summed E-state index contributed by atoms with van der Waals surface area (Å²) in [5.41, 5.74) is 2.57. The molecular formula is C30H26Br2I2N10O6S2. The van der Waals surface area contributed by atoms with E-state index >= 15 is 0 Å². The van der Waals surface area contributed by atoms with Crippen LogP contribution in [-0.4, -0.2) is 71.5 Å². The lowest BCUT2D eigenvalue weighted by Gasteiger charge is -2.12. The predicted molar refractivity (Wildman–Crippen MR) is 214 cm³/mol. The fourth-order valence-corrected chi connectivity index (χ4v) is 10.2. The fourth-order valence-electron chi connectivity index (χ4n) is 4.74. The quantitative estimate of drug-likeness (QED) is 0.176. The highest BCUT2D eigenvalue weighted by atomic mass is 127. The average molecular weight is 1100 g/mol. The van der Waals surface area contributed by atoms with E-state index in [2.05, 4.69) is 62.8 Å². The van der Waals surface area contributed by atoms with Crippen LogP contribution in [-0.2, 0) is 33.1 Å². The molecule has 0 spiro atoms. The number of hydrogen-bond acceptors (Lipinski definition) is 12. The molecule has 0 aliphatic carbocycles. The molecule has 0 saturated heterocycles. The monoisotopic (exact) mass is 1100 g/mol. The van der Waals surface area contributed by atoms with Gasteiger partial charge in [0, 0.05) is 16.1 Å². The zero-order valence-electron chi connectivity index (χ0n) is 26.9. The predicted octanol–water partition coefficient (Wildman–Crippen LogP) is 4.82. The second-order valence-electron chi connectivity index (χ2n) is 10.6. The summed E-state index contributed by atoms with van der Waals surface area (Å²) in [6, 6.07) is 21.6. The molecule has 52 heavy (non-hydrogen) atoms. The van der Waals surface area contributed by atoms with Crippen LogP contribution in [0.25, 0.3) is 22.8 Å². The lowest BCUT2D eigenvalue weighted by atomic mass is 10.2. The van der Waals surface area contributed by atoms with Gasteiger partial charge in [0.15, 0.2) is 5.82 Å². The summed E-state index contributed by atoms with van der Waals surface area (Å²) in [6.45, 7) is 0.741. The molecule has 0 atom stereocenters. The number of halogens is 4. The van der Waals surface area contributed by atoms with Gasteiger partial charge in [0.25, 0.3) is 0 Å². The van der Waals surface area contributed by atoms with Gasteiger partial charge in [0.05, 0.1) is 38.4 Å². The molecule has 0 unspecified atom stereocenters. The number of nitrogens with zero attached hydrogens (tertiary/aromatic N) is 8. The summed E-state index contributed by atoms with van der Waals surface area (Å²) in [5, 5.41) is 34.8. The van der Waals surface area contributed by atoms with Gasteiger partial charge in [-0.15, -0.1) is 15.3 Å². The molecule has 272 valence electrons. The van der Waals surface area contributed by atoms with Crippen molar-refractivity contribution < 1.29 is 26.3 Å². The van der Waals surface area contributed by atoms with Crippen LogP contribution in [0, 0.1) is 7.14 Å². The highest BCUT2D eigenvalue weighted by molar-refractivity contribution is 14.1. The number of benzene rings is 4. The number of ether oxygens (including phenoxy) is 2. The Morgan fingerprint density at radius 1 is 0.673 bits per heavy atom. The topological polar surface area (TPSA) is 226 Å². The van der Waals surface area contributed by atoms with Crippen molar-refractivity contribution in [1.82, 2.24) is 40.4 Å². The van der Waals surface area contributed by atoms with E-state index in [0.717, 1.165) is 22.6 Å². The van der Waals surface area contributed by atoms with Gasteiger partial charge in [-0.3, -0.25) is 0 Å². The number of nitrogens with two attached hydrogens (primary N) is 2. The maximum absolute atomic E-state index is 12.1. The minimum atomic E-state index is -3.99. The van der Waals surface area contributed by atoms with Crippen LogP contribution in [0.1, 0.15) is 11.1 Å². The highest BCUT2D eigenvalue weighted by Crippen LogP contribution is 2.36. The van der Waals surface area contributed by atoms with Gasteiger partial charge in [-0.2, -0.15) is 4.80 Å². The third-order valence-electron chi connectivity index (χ3n) is 7.09. The first-order valence-corrected chi connectivity index (χ1v) is 21.3. The van der Waals surface area contributed by atoms with E-state index in [4.69, 9.17) is 19.8 Å². The van der Waals surface area contributed by atoms with Crippen molar-refractivity contribution in [3.63, 3.8) is 0 Å². The average Bonchev–Trinajstić information content (AvgIpc) is 3.76. The van der Waals surface area contributed by atoms with Crippen molar-refractivity contribution in [3.8, 4) is 34.3 Å². The Hall–Kier alpha value is -3.14. The molecule has 2 aromatic heterocycles. The number of tetrazole rings is 2. The van der Waals surface area contributed by atoms with Crippen molar-refractivity contribution in [3.05, 3.63) is 100 Å². The summed E-state index contributed by atoms with van der Waals surface area (Å²) in [6.07, 6.45) is 0. The van der Waals surface area contributed by atoms with Gasteiger partial charge < -0.3 is 9.47 Å². The third-order valence-corrected chi connectivity index (χ3v) is 12.7. The van der Waals surface area contributed by atoms with E-state index in [1.165, 1.54) is 9.48 Å². The normalized spacial score (nSPS) is 11.5. The van der Waals surface area contributed by atoms with Crippen molar-refractivity contribution in [2.45, 2.75) is 22.9 Å². The van der Waals surface area contributed by atoms with Gasteiger partial charge in [-0.05, 0) is 152 Å². The molecule has 6 aromatic rings. The molecule has 0 fully saturated rings. The molecule has 0 saturated carbocycles. The molecule has 0 aliphatic heterocycles. The number of rotatable bonds is 10. The first-order chi connectivity index (χ1) is 24.6. The van der Waals surface area contributed by atoms with Gasteiger partial charge >= 0.3 is 0 Å². The lowest BCUT2D eigenvalue weighted by molar-refractivity contribution is 0.414. The van der Waals surface area contributed by atoms with Crippen LogP contribution in [0.3, 0.4) is 0 Å². The number of aromatic nitrogens is 8. The molecule has 0 aliphatic rings. The van der Waals surface area contributed by atoms with Crippen LogP contribution in [0.4, 0.5) is 0 Å². The van der Waals surface area contributed by atoms with Crippen molar-refractivity contribution in [2.24, 2.45) is 10.3 Å². The molecule has 4 aromatic carbocycles. The van der Waals surface area contributed by atoms with Crippen LogP contribution in [0.2, 0.25) is 0 Å². The Balaban J connectivity index is 0.000000201. The molecule has 0 amide bonds. The minimum absolute atomic E-state index is 0.0461. The van der Waals surface area contributed by atoms with E-state index in [1.54, 1.807) is 38.5 Å². The fraction of sp³-hybridized carbons (Fsp3) is 0.133. The number of primary sulfonamides is 2. The Morgan fingerprint density at radius 3 is 1.65 bits per heavy atom. The molecule has 0 bridgehead atoms. The summed E-state index contributed by atoms with van der Waals surface area (Å²) < 4.78 is 62.1.